The summed E-state index contributed by atoms with van der Waals surface area (Å²) in [6, 6.07) is 0.431. The minimum atomic E-state index is 0.431. The molecule has 0 amide bonds. The topological polar surface area (TPSA) is 55.3 Å². The minimum absolute atomic E-state index is 0.431. The fourth-order valence-electron chi connectivity index (χ4n) is 2.36. The summed E-state index contributed by atoms with van der Waals surface area (Å²) in [7, 11) is 0. The average Bonchev–Trinajstić information content (AvgIpc) is 2.20. The molecule has 1 aliphatic heterocycles. The molecule has 4 N–H and O–H groups in total. The highest BCUT2D eigenvalue weighted by Gasteiger charge is 2.22. The summed E-state index contributed by atoms with van der Waals surface area (Å²) >= 11 is 0. The molecule has 0 aromatic carbocycles. The summed E-state index contributed by atoms with van der Waals surface area (Å²) in [6.45, 7) is 6.43. The molecule has 1 fully saturated rings. The third-order valence-corrected chi connectivity index (χ3v) is 3.31. The number of rotatable bonds is 5. The highest BCUT2D eigenvalue weighted by atomic mass is 15.1. The second-order valence-electron chi connectivity index (χ2n) is 4.42. The largest absolute Gasteiger partial charge is 0.329 e. The van der Waals surface area contributed by atoms with E-state index < -0.39 is 0 Å². The average molecular weight is 199 g/mol. The van der Waals surface area contributed by atoms with Gasteiger partial charge in [0, 0.05) is 19.1 Å². The molecule has 84 valence electrons. The molecule has 3 nitrogen and oxygen atoms in total. The number of likely N-dealkylation sites (tertiary alicyclic amines) is 1. The summed E-state index contributed by atoms with van der Waals surface area (Å²) in [6.07, 6.45) is 4.92. The van der Waals surface area contributed by atoms with Crippen molar-refractivity contribution in [2.24, 2.45) is 17.4 Å². The van der Waals surface area contributed by atoms with Gasteiger partial charge in [0.1, 0.15) is 0 Å². The maximum Gasteiger partial charge on any atom is 0.0105 e. The molecule has 1 atom stereocenters. The number of hydrogen-bond acceptors (Lipinski definition) is 3. The molecule has 0 aromatic rings. The quantitative estimate of drug-likeness (QED) is 0.688. The van der Waals surface area contributed by atoms with Crippen molar-refractivity contribution in [1.29, 1.82) is 0 Å². The van der Waals surface area contributed by atoms with Gasteiger partial charge in [-0.3, -0.25) is 0 Å². The van der Waals surface area contributed by atoms with Gasteiger partial charge < -0.3 is 16.4 Å². The summed E-state index contributed by atoms with van der Waals surface area (Å²) in [5, 5.41) is 0. The molecule has 0 radical (unpaired) electrons. The molecule has 1 heterocycles. The maximum atomic E-state index is 6.14. The zero-order valence-electron chi connectivity index (χ0n) is 9.41. The first-order chi connectivity index (χ1) is 6.77. The van der Waals surface area contributed by atoms with Crippen LogP contribution in [0.2, 0.25) is 0 Å². The van der Waals surface area contributed by atoms with Crippen molar-refractivity contribution >= 4 is 0 Å². The minimum Gasteiger partial charge on any atom is -0.329 e. The fraction of sp³-hybridized carbons (Fsp3) is 1.00. The molecule has 1 aliphatic rings. The first-order valence-corrected chi connectivity index (χ1v) is 5.96. The van der Waals surface area contributed by atoms with Crippen LogP contribution in [-0.2, 0) is 0 Å². The van der Waals surface area contributed by atoms with Gasteiger partial charge in [0.05, 0.1) is 0 Å². The van der Waals surface area contributed by atoms with Crippen LogP contribution in [0.15, 0.2) is 0 Å². The van der Waals surface area contributed by atoms with Gasteiger partial charge in [-0.1, -0.05) is 13.3 Å². The smallest absolute Gasteiger partial charge is 0.0105 e. The lowest BCUT2D eigenvalue weighted by atomic mass is 9.88. The van der Waals surface area contributed by atoms with Crippen LogP contribution in [0.25, 0.3) is 0 Å². The zero-order chi connectivity index (χ0) is 10.4. The lowest BCUT2D eigenvalue weighted by Gasteiger charge is -2.34. The van der Waals surface area contributed by atoms with E-state index in [0.717, 1.165) is 19.0 Å². The van der Waals surface area contributed by atoms with Crippen molar-refractivity contribution in [3.05, 3.63) is 0 Å². The molecule has 0 saturated carbocycles. The molecule has 14 heavy (non-hydrogen) atoms. The molecule has 3 heteroatoms. The Morgan fingerprint density at radius 1 is 1.36 bits per heavy atom. The van der Waals surface area contributed by atoms with Gasteiger partial charge in [-0.05, 0) is 38.3 Å². The molecular weight excluding hydrogens is 174 g/mol. The van der Waals surface area contributed by atoms with Crippen LogP contribution in [0.5, 0.6) is 0 Å². The van der Waals surface area contributed by atoms with Gasteiger partial charge in [0.25, 0.3) is 0 Å². The Kier molecular flexibility index (Phi) is 5.45. The van der Waals surface area contributed by atoms with Gasteiger partial charge >= 0.3 is 0 Å². The predicted molar refractivity (Wildman–Crippen MR) is 61.1 cm³/mol. The maximum absolute atomic E-state index is 6.14. The van der Waals surface area contributed by atoms with E-state index in [1.807, 2.05) is 0 Å². The molecular formula is C11H25N3. The number of piperidine rings is 1. The Morgan fingerprint density at radius 3 is 2.50 bits per heavy atom. The van der Waals surface area contributed by atoms with E-state index in [1.54, 1.807) is 0 Å². The third kappa shape index (κ3) is 3.56. The van der Waals surface area contributed by atoms with E-state index >= 15 is 0 Å². The van der Waals surface area contributed by atoms with E-state index in [0.29, 0.717) is 6.04 Å². The van der Waals surface area contributed by atoms with Crippen LogP contribution in [-0.4, -0.2) is 37.1 Å². The van der Waals surface area contributed by atoms with Crippen LogP contribution in [0.4, 0.5) is 0 Å². The predicted octanol–water partition coefficient (Wildman–Crippen LogP) is 0.785. The molecule has 1 rings (SSSR count). The van der Waals surface area contributed by atoms with E-state index in [-0.39, 0.29) is 0 Å². The van der Waals surface area contributed by atoms with Crippen molar-refractivity contribution in [1.82, 2.24) is 4.90 Å². The standard InChI is InChI=1S/C11H25N3/c1-2-3-11(13)10-4-7-14(8-5-10)9-6-12/h10-11H,2-9,12-13H2,1H3. The van der Waals surface area contributed by atoms with Crippen LogP contribution in [0, 0.1) is 5.92 Å². The Bertz CT molecular complexity index is 141. The first kappa shape index (κ1) is 12.0. The van der Waals surface area contributed by atoms with Crippen molar-refractivity contribution in [2.75, 3.05) is 26.2 Å². The van der Waals surface area contributed by atoms with E-state index in [2.05, 4.69) is 11.8 Å². The highest BCUT2D eigenvalue weighted by molar-refractivity contribution is 4.79. The van der Waals surface area contributed by atoms with Crippen molar-refractivity contribution in [3.63, 3.8) is 0 Å². The van der Waals surface area contributed by atoms with E-state index in [4.69, 9.17) is 11.5 Å². The fourth-order valence-corrected chi connectivity index (χ4v) is 2.36. The van der Waals surface area contributed by atoms with Gasteiger partial charge in [0.2, 0.25) is 0 Å². The van der Waals surface area contributed by atoms with Crippen LogP contribution < -0.4 is 11.5 Å². The Labute approximate surface area is 87.8 Å². The SMILES string of the molecule is CCCC(N)C1CCN(CCN)CC1. The van der Waals surface area contributed by atoms with Crippen molar-refractivity contribution in [3.8, 4) is 0 Å². The van der Waals surface area contributed by atoms with Gasteiger partial charge in [-0.2, -0.15) is 0 Å². The molecule has 0 bridgehead atoms. The van der Waals surface area contributed by atoms with Gasteiger partial charge in [-0.15, -0.1) is 0 Å². The van der Waals surface area contributed by atoms with E-state index in [9.17, 15) is 0 Å². The molecule has 1 saturated heterocycles. The number of nitrogens with two attached hydrogens (primary N) is 2. The number of nitrogens with zero attached hydrogens (tertiary/aromatic N) is 1. The van der Waals surface area contributed by atoms with Gasteiger partial charge in [-0.25, -0.2) is 0 Å². The molecule has 0 spiro atoms. The molecule has 0 aliphatic carbocycles. The first-order valence-electron chi connectivity index (χ1n) is 5.96. The lowest BCUT2D eigenvalue weighted by molar-refractivity contribution is 0.169. The second kappa shape index (κ2) is 6.38. The Morgan fingerprint density at radius 2 is 2.00 bits per heavy atom. The van der Waals surface area contributed by atoms with Gasteiger partial charge in [0.15, 0.2) is 0 Å². The molecule has 1 unspecified atom stereocenters. The summed E-state index contributed by atoms with van der Waals surface area (Å²) in [5.74, 6) is 0.754. The monoisotopic (exact) mass is 199 g/mol. The third-order valence-electron chi connectivity index (χ3n) is 3.31. The molecule has 0 aromatic heterocycles. The van der Waals surface area contributed by atoms with Crippen LogP contribution in [0.1, 0.15) is 32.6 Å². The van der Waals surface area contributed by atoms with Crippen molar-refractivity contribution in [2.45, 2.75) is 38.6 Å². The highest BCUT2D eigenvalue weighted by Crippen LogP contribution is 2.21. The Hall–Kier alpha value is -0.120. The summed E-state index contributed by atoms with van der Waals surface area (Å²) < 4.78 is 0. The zero-order valence-corrected chi connectivity index (χ0v) is 9.41. The normalized spacial score (nSPS) is 22.5. The van der Waals surface area contributed by atoms with Crippen LogP contribution in [0.3, 0.4) is 0 Å². The van der Waals surface area contributed by atoms with Crippen LogP contribution >= 0.6 is 0 Å². The summed E-state index contributed by atoms with van der Waals surface area (Å²) in [4.78, 5) is 2.45. The second-order valence-corrected chi connectivity index (χ2v) is 4.42. The lowest BCUT2D eigenvalue weighted by Crippen LogP contribution is -2.42. The van der Waals surface area contributed by atoms with Crippen molar-refractivity contribution < 1.29 is 0 Å². The number of hydrogen-bond donors (Lipinski definition) is 2. The van der Waals surface area contributed by atoms with E-state index in [1.165, 1.54) is 38.8 Å². The Balaban J connectivity index is 2.21. The summed E-state index contributed by atoms with van der Waals surface area (Å²) in [5.41, 5.74) is 11.7.